The van der Waals surface area contributed by atoms with Gasteiger partial charge in [-0.25, -0.2) is 0 Å². The number of hydrogen-bond acceptors (Lipinski definition) is 2. The minimum atomic E-state index is -0.390. The first-order chi connectivity index (χ1) is 10.2. The Morgan fingerprint density at radius 2 is 1.95 bits per heavy atom. The lowest BCUT2D eigenvalue weighted by molar-refractivity contribution is 0.140. The SMILES string of the molecule is CCCCC(CC)CC(O)c1cc(C)nc2ccccc12. The van der Waals surface area contributed by atoms with Gasteiger partial charge in [0.15, 0.2) is 0 Å². The van der Waals surface area contributed by atoms with Crippen molar-refractivity contribution in [3.8, 4) is 0 Å². The monoisotopic (exact) mass is 285 g/mol. The van der Waals surface area contributed by atoms with Crippen molar-refractivity contribution in [1.82, 2.24) is 4.98 Å². The summed E-state index contributed by atoms with van der Waals surface area (Å²) in [6.45, 7) is 6.45. The number of pyridine rings is 1. The molecule has 0 amide bonds. The Morgan fingerprint density at radius 1 is 1.19 bits per heavy atom. The van der Waals surface area contributed by atoms with Crippen LogP contribution in [0.25, 0.3) is 10.9 Å². The standard InChI is InChI=1S/C19H27NO/c1-4-6-9-15(5-2)13-19(21)17-12-14(3)20-18-11-8-7-10-16(17)18/h7-8,10-12,15,19,21H,4-6,9,13H2,1-3H3. The molecule has 2 nitrogen and oxygen atoms in total. The number of unbranched alkanes of at least 4 members (excludes halogenated alkanes) is 1. The fraction of sp³-hybridized carbons (Fsp3) is 0.526. The molecule has 2 heteroatoms. The zero-order valence-corrected chi connectivity index (χ0v) is 13.5. The number of hydrogen-bond donors (Lipinski definition) is 1. The van der Waals surface area contributed by atoms with Crippen molar-refractivity contribution in [2.45, 2.75) is 59.0 Å². The number of aromatic nitrogens is 1. The molecular weight excluding hydrogens is 258 g/mol. The summed E-state index contributed by atoms with van der Waals surface area (Å²) in [7, 11) is 0. The Kier molecular flexibility index (Phi) is 5.75. The Bertz CT molecular complexity index is 579. The van der Waals surface area contributed by atoms with Crippen LogP contribution >= 0.6 is 0 Å². The molecule has 21 heavy (non-hydrogen) atoms. The molecule has 0 aliphatic carbocycles. The average Bonchev–Trinajstić information content (AvgIpc) is 2.50. The van der Waals surface area contributed by atoms with E-state index >= 15 is 0 Å². The van der Waals surface area contributed by atoms with Crippen molar-refractivity contribution < 1.29 is 5.11 Å². The van der Waals surface area contributed by atoms with Gasteiger partial charge < -0.3 is 5.11 Å². The van der Waals surface area contributed by atoms with Crippen molar-refractivity contribution >= 4 is 10.9 Å². The largest absolute Gasteiger partial charge is 0.388 e. The van der Waals surface area contributed by atoms with Crippen molar-refractivity contribution in [1.29, 1.82) is 0 Å². The molecule has 1 aromatic heterocycles. The third-order valence-electron chi connectivity index (χ3n) is 4.34. The highest BCUT2D eigenvalue weighted by atomic mass is 16.3. The topological polar surface area (TPSA) is 33.1 Å². The molecule has 0 bridgehead atoms. The first-order valence-electron chi connectivity index (χ1n) is 8.20. The van der Waals surface area contributed by atoms with E-state index in [-0.39, 0.29) is 0 Å². The van der Waals surface area contributed by atoms with E-state index in [1.54, 1.807) is 0 Å². The summed E-state index contributed by atoms with van der Waals surface area (Å²) in [5.74, 6) is 0.604. The van der Waals surface area contributed by atoms with Gasteiger partial charge in [-0.3, -0.25) is 4.98 Å². The molecule has 0 fully saturated rings. The third-order valence-corrected chi connectivity index (χ3v) is 4.34. The van der Waals surface area contributed by atoms with Crippen LogP contribution in [-0.2, 0) is 0 Å². The van der Waals surface area contributed by atoms with Gasteiger partial charge in [0.1, 0.15) is 0 Å². The molecule has 1 heterocycles. The lowest BCUT2D eigenvalue weighted by Crippen LogP contribution is -2.08. The number of aryl methyl sites for hydroxylation is 1. The number of fused-ring (bicyclic) bond motifs is 1. The maximum absolute atomic E-state index is 10.7. The Labute approximate surface area is 128 Å². The highest BCUT2D eigenvalue weighted by Crippen LogP contribution is 2.31. The van der Waals surface area contributed by atoms with Gasteiger partial charge in [0, 0.05) is 11.1 Å². The summed E-state index contributed by atoms with van der Waals surface area (Å²) in [4.78, 5) is 4.56. The van der Waals surface area contributed by atoms with E-state index in [2.05, 4.69) is 24.9 Å². The summed E-state index contributed by atoms with van der Waals surface area (Å²) in [6.07, 6.45) is 5.29. The Morgan fingerprint density at radius 3 is 2.67 bits per heavy atom. The smallest absolute Gasteiger partial charge is 0.0799 e. The van der Waals surface area contributed by atoms with Gasteiger partial charge in [-0.2, -0.15) is 0 Å². The fourth-order valence-corrected chi connectivity index (χ4v) is 3.04. The minimum Gasteiger partial charge on any atom is -0.388 e. The van der Waals surface area contributed by atoms with Crippen LogP contribution in [0.3, 0.4) is 0 Å². The molecule has 0 aliphatic rings. The molecule has 2 atom stereocenters. The second-order valence-electron chi connectivity index (χ2n) is 6.04. The molecular formula is C19H27NO. The van der Waals surface area contributed by atoms with Crippen LogP contribution in [0, 0.1) is 12.8 Å². The van der Waals surface area contributed by atoms with Crippen LogP contribution in [0.1, 0.15) is 63.3 Å². The van der Waals surface area contributed by atoms with E-state index < -0.39 is 6.10 Å². The quantitative estimate of drug-likeness (QED) is 0.760. The van der Waals surface area contributed by atoms with E-state index in [0.29, 0.717) is 5.92 Å². The number of para-hydroxylation sites is 1. The molecule has 0 spiro atoms. The molecule has 1 N–H and O–H groups in total. The maximum Gasteiger partial charge on any atom is 0.0799 e. The first-order valence-corrected chi connectivity index (χ1v) is 8.20. The van der Waals surface area contributed by atoms with Gasteiger partial charge in [0.25, 0.3) is 0 Å². The van der Waals surface area contributed by atoms with E-state index in [0.717, 1.165) is 35.0 Å². The molecule has 0 aliphatic heterocycles. The normalized spacial score (nSPS) is 14.3. The van der Waals surface area contributed by atoms with Crippen LogP contribution in [0.15, 0.2) is 30.3 Å². The van der Waals surface area contributed by atoms with Gasteiger partial charge in [-0.15, -0.1) is 0 Å². The second kappa shape index (κ2) is 7.56. The molecule has 0 saturated carbocycles. The highest BCUT2D eigenvalue weighted by Gasteiger charge is 2.17. The first kappa shape index (κ1) is 16.0. The van der Waals surface area contributed by atoms with Gasteiger partial charge in [-0.1, -0.05) is 57.7 Å². The summed E-state index contributed by atoms with van der Waals surface area (Å²) in [5, 5.41) is 11.8. The number of benzene rings is 1. The summed E-state index contributed by atoms with van der Waals surface area (Å²) < 4.78 is 0. The summed E-state index contributed by atoms with van der Waals surface area (Å²) >= 11 is 0. The zero-order chi connectivity index (χ0) is 15.2. The molecule has 2 rings (SSSR count). The van der Waals surface area contributed by atoms with Crippen LogP contribution < -0.4 is 0 Å². The predicted molar refractivity (Wildman–Crippen MR) is 89.4 cm³/mol. The lowest BCUT2D eigenvalue weighted by Gasteiger charge is -2.20. The molecule has 2 unspecified atom stereocenters. The van der Waals surface area contributed by atoms with Gasteiger partial charge in [0.2, 0.25) is 0 Å². The summed E-state index contributed by atoms with van der Waals surface area (Å²) in [5.41, 5.74) is 2.99. The maximum atomic E-state index is 10.7. The molecule has 114 valence electrons. The second-order valence-corrected chi connectivity index (χ2v) is 6.04. The number of aliphatic hydroxyl groups excluding tert-OH is 1. The number of nitrogens with zero attached hydrogens (tertiary/aromatic N) is 1. The Hall–Kier alpha value is -1.41. The number of rotatable bonds is 7. The molecule has 0 saturated heterocycles. The van der Waals surface area contributed by atoms with Crippen LogP contribution in [-0.4, -0.2) is 10.1 Å². The van der Waals surface area contributed by atoms with Crippen molar-refractivity contribution in [2.75, 3.05) is 0 Å². The van der Waals surface area contributed by atoms with Gasteiger partial charge in [0.05, 0.1) is 11.6 Å². The van der Waals surface area contributed by atoms with Crippen LogP contribution in [0.5, 0.6) is 0 Å². The average molecular weight is 285 g/mol. The summed E-state index contributed by atoms with van der Waals surface area (Å²) in [6, 6.07) is 10.1. The molecule has 0 radical (unpaired) electrons. The van der Waals surface area contributed by atoms with Crippen molar-refractivity contribution in [3.63, 3.8) is 0 Å². The third kappa shape index (κ3) is 4.04. The molecule has 2 aromatic rings. The number of aliphatic hydroxyl groups is 1. The van der Waals surface area contributed by atoms with Crippen molar-refractivity contribution in [3.05, 3.63) is 41.6 Å². The lowest BCUT2D eigenvalue weighted by atomic mass is 9.89. The van der Waals surface area contributed by atoms with E-state index in [1.165, 1.54) is 19.3 Å². The molecule has 1 aromatic carbocycles. The van der Waals surface area contributed by atoms with Gasteiger partial charge >= 0.3 is 0 Å². The van der Waals surface area contributed by atoms with E-state index in [9.17, 15) is 5.11 Å². The Balaban J connectivity index is 2.24. The predicted octanol–water partition coefficient (Wildman–Crippen LogP) is 5.18. The van der Waals surface area contributed by atoms with E-state index in [4.69, 9.17) is 0 Å². The van der Waals surface area contributed by atoms with Crippen molar-refractivity contribution in [2.24, 2.45) is 5.92 Å². The van der Waals surface area contributed by atoms with Crippen LogP contribution in [0.4, 0.5) is 0 Å². The van der Waals surface area contributed by atoms with Crippen LogP contribution in [0.2, 0.25) is 0 Å². The van der Waals surface area contributed by atoms with E-state index in [1.807, 2.05) is 31.2 Å². The van der Waals surface area contributed by atoms with Gasteiger partial charge in [-0.05, 0) is 37.0 Å². The zero-order valence-electron chi connectivity index (χ0n) is 13.5. The minimum absolute atomic E-state index is 0.390. The fourth-order valence-electron chi connectivity index (χ4n) is 3.04. The highest BCUT2D eigenvalue weighted by molar-refractivity contribution is 5.82.